The summed E-state index contributed by atoms with van der Waals surface area (Å²) in [6.07, 6.45) is 0. The number of benzene rings is 2. The van der Waals surface area contributed by atoms with Gasteiger partial charge in [-0.15, -0.1) is 0 Å². The van der Waals surface area contributed by atoms with Gasteiger partial charge in [-0.3, -0.25) is 9.59 Å². The number of nitrogens with zero attached hydrogens (tertiary/aromatic N) is 1. The van der Waals surface area contributed by atoms with Crippen LogP contribution in [0.1, 0.15) is 40.1 Å². The lowest BCUT2D eigenvalue weighted by molar-refractivity contribution is 0.0768. The SMILES string of the molecule is CCN(CC)C(=O)c1cc2c(cc1C(=O)c1ccc(OC)cc1)OCO2. The van der Waals surface area contributed by atoms with Crippen molar-refractivity contribution >= 4 is 11.7 Å². The molecule has 0 aromatic heterocycles. The number of hydrogen-bond acceptors (Lipinski definition) is 5. The molecule has 6 nitrogen and oxygen atoms in total. The molecule has 0 saturated carbocycles. The first kappa shape index (κ1) is 17.8. The van der Waals surface area contributed by atoms with Gasteiger partial charge >= 0.3 is 0 Å². The molecular weight excluding hydrogens is 334 g/mol. The number of rotatable bonds is 6. The highest BCUT2D eigenvalue weighted by molar-refractivity contribution is 6.15. The topological polar surface area (TPSA) is 65.1 Å². The fraction of sp³-hybridized carbons (Fsp3) is 0.300. The lowest BCUT2D eigenvalue weighted by Crippen LogP contribution is -2.31. The van der Waals surface area contributed by atoms with Crippen molar-refractivity contribution < 1.29 is 23.8 Å². The van der Waals surface area contributed by atoms with E-state index in [9.17, 15) is 9.59 Å². The summed E-state index contributed by atoms with van der Waals surface area (Å²) in [7, 11) is 1.57. The van der Waals surface area contributed by atoms with Gasteiger partial charge in [0.2, 0.25) is 6.79 Å². The fourth-order valence-electron chi connectivity index (χ4n) is 2.89. The second-order valence-electron chi connectivity index (χ2n) is 5.79. The zero-order valence-corrected chi connectivity index (χ0v) is 15.1. The highest BCUT2D eigenvalue weighted by Crippen LogP contribution is 2.36. The zero-order valence-electron chi connectivity index (χ0n) is 15.1. The minimum Gasteiger partial charge on any atom is -0.497 e. The molecule has 0 spiro atoms. The predicted molar refractivity (Wildman–Crippen MR) is 96.2 cm³/mol. The first-order valence-electron chi connectivity index (χ1n) is 8.50. The van der Waals surface area contributed by atoms with Crippen LogP contribution >= 0.6 is 0 Å². The van der Waals surface area contributed by atoms with Crippen molar-refractivity contribution in [2.45, 2.75) is 13.8 Å². The van der Waals surface area contributed by atoms with Gasteiger partial charge in [0.05, 0.1) is 12.7 Å². The molecule has 1 aliphatic heterocycles. The number of amides is 1. The van der Waals surface area contributed by atoms with Crippen LogP contribution in [0.15, 0.2) is 36.4 Å². The molecule has 0 N–H and O–H groups in total. The van der Waals surface area contributed by atoms with Gasteiger partial charge in [-0.1, -0.05) is 0 Å². The van der Waals surface area contributed by atoms with Gasteiger partial charge < -0.3 is 19.1 Å². The second kappa shape index (κ2) is 7.47. The van der Waals surface area contributed by atoms with E-state index in [0.29, 0.717) is 47.0 Å². The van der Waals surface area contributed by atoms with Crippen molar-refractivity contribution in [3.05, 3.63) is 53.1 Å². The largest absolute Gasteiger partial charge is 0.497 e. The van der Waals surface area contributed by atoms with Crippen molar-refractivity contribution in [3.8, 4) is 17.2 Å². The third kappa shape index (κ3) is 3.22. The Morgan fingerprint density at radius 2 is 1.58 bits per heavy atom. The Morgan fingerprint density at radius 1 is 1.00 bits per heavy atom. The van der Waals surface area contributed by atoms with Crippen LogP contribution in [-0.2, 0) is 0 Å². The maximum atomic E-state index is 13.1. The average Bonchev–Trinajstić information content (AvgIpc) is 3.15. The van der Waals surface area contributed by atoms with Crippen LogP contribution in [0, 0.1) is 0 Å². The Labute approximate surface area is 152 Å². The molecule has 1 heterocycles. The van der Waals surface area contributed by atoms with Gasteiger partial charge in [-0.2, -0.15) is 0 Å². The molecule has 26 heavy (non-hydrogen) atoms. The van der Waals surface area contributed by atoms with Crippen LogP contribution in [0.2, 0.25) is 0 Å². The van der Waals surface area contributed by atoms with E-state index in [1.807, 2.05) is 13.8 Å². The summed E-state index contributed by atoms with van der Waals surface area (Å²) in [5.74, 6) is 1.16. The second-order valence-corrected chi connectivity index (χ2v) is 5.79. The molecule has 3 rings (SSSR count). The lowest BCUT2D eigenvalue weighted by atomic mass is 9.96. The van der Waals surface area contributed by atoms with Gasteiger partial charge in [0, 0.05) is 24.2 Å². The molecule has 6 heteroatoms. The maximum absolute atomic E-state index is 13.1. The summed E-state index contributed by atoms with van der Waals surface area (Å²) in [6, 6.07) is 9.97. The molecule has 2 aromatic carbocycles. The van der Waals surface area contributed by atoms with E-state index in [2.05, 4.69) is 0 Å². The number of ketones is 1. The third-order valence-corrected chi connectivity index (χ3v) is 4.39. The van der Waals surface area contributed by atoms with E-state index in [1.165, 1.54) is 0 Å². The Bertz CT molecular complexity index is 825. The third-order valence-electron chi connectivity index (χ3n) is 4.39. The summed E-state index contributed by atoms with van der Waals surface area (Å²) >= 11 is 0. The summed E-state index contributed by atoms with van der Waals surface area (Å²) < 4.78 is 15.9. The smallest absolute Gasteiger partial charge is 0.254 e. The highest BCUT2D eigenvalue weighted by atomic mass is 16.7. The maximum Gasteiger partial charge on any atom is 0.254 e. The van der Waals surface area contributed by atoms with Crippen molar-refractivity contribution in [3.63, 3.8) is 0 Å². The molecule has 0 aliphatic carbocycles. The molecule has 0 saturated heterocycles. The van der Waals surface area contributed by atoms with Gasteiger partial charge in [0.1, 0.15) is 5.75 Å². The van der Waals surface area contributed by atoms with Crippen molar-refractivity contribution in [1.29, 1.82) is 0 Å². The lowest BCUT2D eigenvalue weighted by Gasteiger charge is -2.20. The summed E-state index contributed by atoms with van der Waals surface area (Å²) in [5, 5.41) is 0. The first-order chi connectivity index (χ1) is 12.6. The minimum absolute atomic E-state index is 0.0778. The monoisotopic (exact) mass is 355 g/mol. The van der Waals surface area contributed by atoms with E-state index in [-0.39, 0.29) is 18.5 Å². The van der Waals surface area contributed by atoms with Gasteiger partial charge in [0.15, 0.2) is 17.3 Å². The quantitative estimate of drug-likeness (QED) is 0.745. The van der Waals surface area contributed by atoms with Crippen LogP contribution in [0.25, 0.3) is 0 Å². The molecule has 0 fully saturated rings. The number of methoxy groups -OCH3 is 1. The molecule has 0 radical (unpaired) electrons. The standard InChI is InChI=1S/C20H21NO5/c1-4-21(5-2)20(23)16-11-18-17(25-12-26-18)10-15(16)19(22)13-6-8-14(24-3)9-7-13/h6-11H,4-5,12H2,1-3H3. The van der Waals surface area contributed by atoms with E-state index >= 15 is 0 Å². The molecule has 0 bridgehead atoms. The molecule has 0 atom stereocenters. The van der Waals surface area contributed by atoms with Crippen LogP contribution in [0.5, 0.6) is 17.2 Å². The average molecular weight is 355 g/mol. The number of carbonyl (C=O) groups excluding carboxylic acids is 2. The Balaban J connectivity index is 2.06. The van der Waals surface area contributed by atoms with E-state index < -0.39 is 0 Å². The Hall–Kier alpha value is -3.02. The molecule has 0 unspecified atom stereocenters. The van der Waals surface area contributed by atoms with Crippen LogP contribution in [0.4, 0.5) is 0 Å². The van der Waals surface area contributed by atoms with Crippen molar-refractivity contribution in [1.82, 2.24) is 4.90 Å². The molecule has 136 valence electrons. The molecule has 1 aliphatic rings. The molecular formula is C20H21NO5. The first-order valence-corrected chi connectivity index (χ1v) is 8.50. The van der Waals surface area contributed by atoms with Gasteiger partial charge in [-0.05, 0) is 50.2 Å². The zero-order chi connectivity index (χ0) is 18.7. The summed E-state index contributed by atoms with van der Waals surface area (Å²) in [6.45, 7) is 4.99. The van der Waals surface area contributed by atoms with E-state index in [1.54, 1.807) is 48.4 Å². The fourth-order valence-corrected chi connectivity index (χ4v) is 2.89. The summed E-state index contributed by atoms with van der Waals surface area (Å²) in [5.41, 5.74) is 1.09. The van der Waals surface area contributed by atoms with Crippen molar-refractivity contribution in [2.24, 2.45) is 0 Å². The Kier molecular flexibility index (Phi) is 5.11. The highest BCUT2D eigenvalue weighted by Gasteiger charge is 2.26. The molecule has 2 aromatic rings. The van der Waals surface area contributed by atoms with Crippen molar-refractivity contribution in [2.75, 3.05) is 27.0 Å². The number of fused-ring (bicyclic) bond motifs is 1. The number of ether oxygens (including phenoxy) is 3. The minimum atomic E-state index is -0.249. The van der Waals surface area contributed by atoms with Gasteiger partial charge in [0.25, 0.3) is 5.91 Å². The molecule has 1 amide bonds. The van der Waals surface area contributed by atoms with Gasteiger partial charge in [-0.25, -0.2) is 0 Å². The predicted octanol–water partition coefficient (Wildman–Crippen LogP) is 3.14. The van der Waals surface area contributed by atoms with Crippen LogP contribution in [0.3, 0.4) is 0 Å². The van der Waals surface area contributed by atoms with Crippen LogP contribution in [-0.4, -0.2) is 43.6 Å². The van der Waals surface area contributed by atoms with E-state index in [0.717, 1.165) is 0 Å². The van der Waals surface area contributed by atoms with E-state index in [4.69, 9.17) is 14.2 Å². The van der Waals surface area contributed by atoms with Crippen LogP contribution < -0.4 is 14.2 Å². The number of hydrogen-bond donors (Lipinski definition) is 0. The summed E-state index contributed by atoms with van der Waals surface area (Å²) in [4.78, 5) is 27.7. The normalized spacial score (nSPS) is 12.0. The number of carbonyl (C=O) groups is 2. The Morgan fingerprint density at radius 3 is 2.12 bits per heavy atom.